The van der Waals surface area contributed by atoms with Gasteiger partial charge in [0.15, 0.2) is 5.82 Å². The third-order valence-electron chi connectivity index (χ3n) is 4.97. The fourth-order valence-electron chi connectivity index (χ4n) is 3.35. The zero-order valence-electron chi connectivity index (χ0n) is 21.1. The molecule has 0 aliphatic heterocycles. The van der Waals surface area contributed by atoms with Gasteiger partial charge in [-0.15, -0.1) is 9.78 Å². The predicted octanol–water partition coefficient (Wildman–Crippen LogP) is 2.28. The Labute approximate surface area is 222 Å². The van der Waals surface area contributed by atoms with Crippen molar-refractivity contribution in [1.29, 1.82) is 5.41 Å². The maximum absolute atomic E-state index is 12.7. The van der Waals surface area contributed by atoms with E-state index in [0.29, 0.717) is 28.3 Å². The van der Waals surface area contributed by atoms with E-state index < -0.39 is 24.4 Å². The largest absolute Gasteiger partial charge is 0.497 e. The summed E-state index contributed by atoms with van der Waals surface area (Å²) in [6.07, 6.45) is 3.01. The molecule has 4 rings (SSSR count). The quantitative estimate of drug-likeness (QED) is 0.148. The molecule has 0 bridgehead atoms. The van der Waals surface area contributed by atoms with Gasteiger partial charge in [0, 0.05) is 36.6 Å². The monoisotopic (exact) mass is 538 g/mol. The summed E-state index contributed by atoms with van der Waals surface area (Å²) in [5, 5.41) is 22.7. The highest BCUT2D eigenvalue weighted by molar-refractivity contribution is 5.95. The van der Waals surface area contributed by atoms with Crippen molar-refractivity contribution in [1.82, 2.24) is 24.7 Å². The van der Waals surface area contributed by atoms with Gasteiger partial charge in [-0.05, 0) is 48.0 Å². The van der Waals surface area contributed by atoms with E-state index in [0.717, 1.165) is 11.6 Å². The number of H-pyrrole nitrogens is 1. The van der Waals surface area contributed by atoms with Crippen LogP contribution in [0.4, 0.5) is 10.1 Å². The molecule has 0 fully saturated rings. The summed E-state index contributed by atoms with van der Waals surface area (Å²) in [5.74, 6) is 0.360. The van der Waals surface area contributed by atoms with Crippen molar-refractivity contribution in [3.63, 3.8) is 0 Å². The summed E-state index contributed by atoms with van der Waals surface area (Å²) in [6.45, 7) is 0.319. The number of carboxylic acid groups (broad SMARTS) is 1. The zero-order chi connectivity index (χ0) is 28.4. The molecule has 0 aliphatic carbocycles. The van der Waals surface area contributed by atoms with Crippen LogP contribution in [0.3, 0.4) is 0 Å². The molecule has 0 saturated heterocycles. The molecule has 1 atom stereocenters. The maximum Gasteiger partial charge on any atom is 0.350 e. The number of carboxylic acids is 1. The zero-order valence-corrected chi connectivity index (χ0v) is 21.1. The van der Waals surface area contributed by atoms with E-state index >= 15 is 0 Å². The number of methoxy groups -OCH3 is 1. The Kier molecular flexibility index (Phi) is 9.67. The Morgan fingerprint density at radius 2 is 1.85 bits per heavy atom. The molecule has 6 N–H and O–H groups in total. The Morgan fingerprint density at radius 3 is 2.44 bits per heavy atom. The summed E-state index contributed by atoms with van der Waals surface area (Å²) in [4.78, 5) is 32.6. The van der Waals surface area contributed by atoms with Crippen LogP contribution in [0.5, 0.6) is 11.5 Å². The highest BCUT2D eigenvalue weighted by Gasteiger charge is 2.22. The highest BCUT2D eigenvalue weighted by Crippen LogP contribution is 2.31. The molecule has 0 amide bonds. The van der Waals surface area contributed by atoms with Gasteiger partial charge in [-0.3, -0.25) is 15.2 Å². The van der Waals surface area contributed by atoms with Crippen LogP contribution in [0.15, 0.2) is 65.7 Å². The molecule has 39 heavy (non-hydrogen) atoms. The molecule has 0 radical (unpaired) electrons. The van der Waals surface area contributed by atoms with Crippen LogP contribution in [0.2, 0.25) is 0 Å². The molecule has 1 unspecified atom stereocenters. The van der Waals surface area contributed by atoms with E-state index in [9.17, 15) is 9.18 Å². The number of nitrogens with one attached hydrogen (secondary N) is 3. The number of halogens is 1. The first-order valence-electron chi connectivity index (χ1n) is 11.5. The molecule has 4 aromatic rings. The number of benzene rings is 2. The number of nitrogens with zero attached hydrogens (tertiary/aromatic N) is 4. The van der Waals surface area contributed by atoms with Gasteiger partial charge in [0.05, 0.1) is 7.11 Å². The second kappa shape index (κ2) is 13.3. The fourth-order valence-corrected chi connectivity index (χ4v) is 3.35. The van der Waals surface area contributed by atoms with Gasteiger partial charge >= 0.3 is 5.69 Å². The number of nitrogens with two attached hydrogens (primary N) is 1. The molecule has 204 valence electrons. The third kappa shape index (κ3) is 7.85. The number of rotatable bonds is 10. The number of anilines is 1. The first-order valence-corrected chi connectivity index (χ1v) is 11.5. The first kappa shape index (κ1) is 28.3. The minimum absolute atomic E-state index is 0.0542. The number of hydrogen-bond donors (Lipinski definition) is 5. The topological polar surface area (TPSA) is 194 Å². The number of carbonyl (C=O) groups is 1. The number of nitrogen functional groups attached to an aromatic ring is 1. The lowest BCUT2D eigenvalue weighted by atomic mass is 10.0. The fraction of sp³-hybridized carbons (Fsp3) is 0.200. The van der Waals surface area contributed by atoms with Gasteiger partial charge in [-0.2, -0.15) is 0 Å². The standard InChI is InChI=1S/C23H23FN8O3.C2H4O2/c1-34-17-11-15(12-18(13-17)35-10-7-24)19(29-16-5-3-14(4-6-16)20(25)26)21-30-23(33)32(31-21)22-27-8-2-9-28-22;1-2(3)4/h2-6,8-9,11-13,19,29H,7,10H2,1H3,(H3,25,26)(H,30,31,33);1H3,(H,3,4). The summed E-state index contributed by atoms with van der Waals surface area (Å²) >= 11 is 0. The number of aromatic nitrogens is 5. The molecule has 2 heterocycles. The summed E-state index contributed by atoms with van der Waals surface area (Å²) in [6, 6.07) is 12.9. The van der Waals surface area contributed by atoms with Crippen molar-refractivity contribution in [3.05, 3.63) is 88.4 Å². The molecule has 14 heteroatoms. The van der Waals surface area contributed by atoms with Crippen LogP contribution in [0, 0.1) is 5.41 Å². The number of amidine groups is 1. The lowest BCUT2D eigenvalue weighted by Gasteiger charge is -2.20. The molecule has 2 aromatic carbocycles. The van der Waals surface area contributed by atoms with Gasteiger partial charge in [-0.1, -0.05) is 0 Å². The first-order chi connectivity index (χ1) is 18.7. The van der Waals surface area contributed by atoms with Crippen molar-refractivity contribution in [2.24, 2.45) is 5.73 Å². The van der Waals surface area contributed by atoms with Gasteiger partial charge in [-0.25, -0.2) is 19.2 Å². The second-order valence-corrected chi connectivity index (χ2v) is 7.84. The number of alkyl halides is 1. The number of ether oxygens (including phenoxy) is 2. The van der Waals surface area contributed by atoms with E-state index in [2.05, 4.69) is 25.4 Å². The van der Waals surface area contributed by atoms with Crippen molar-refractivity contribution < 1.29 is 23.8 Å². The van der Waals surface area contributed by atoms with E-state index in [-0.39, 0.29) is 24.2 Å². The van der Waals surface area contributed by atoms with Crippen molar-refractivity contribution in [2.45, 2.75) is 13.0 Å². The predicted molar refractivity (Wildman–Crippen MR) is 140 cm³/mol. The van der Waals surface area contributed by atoms with Crippen LogP contribution < -0.4 is 26.2 Å². The second-order valence-electron chi connectivity index (χ2n) is 7.84. The average Bonchev–Trinajstić information content (AvgIpc) is 3.31. The van der Waals surface area contributed by atoms with Gasteiger partial charge in [0.1, 0.15) is 36.7 Å². The normalized spacial score (nSPS) is 11.1. The molecular formula is C25H27FN8O5. The van der Waals surface area contributed by atoms with Gasteiger partial charge in [0.2, 0.25) is 0 Å². The average molecular weight is 539 g/mol. The smallest absolute Gasteiger partial charge is 0.350 e. The molecular weight excluding hydrogens is 511 g/mol. The lowest BCUT2D eigenvalue weighted by Crippen LogP contribution is -2.18. The summed E-state index contributed by atoms with van der Waals surface area (Å²) < 4.78 is 24.6. The molecule has 0 aliphatic rings. The SMILES string of the molecule is CC(=O)O.COc1cc(OCCF)cc(C(Nc2ccc(C(=N)N)cc2)c2nn(-c3ncccn3)c(=O)[nH]2)c1. The maximum atomic E-state index is 12.7. The highest BCUT2D eigenvalue weighted by atomic mass is 19.1. The Morgan fingerprint density at radius 1 is 1.21 bits per heavy atom. The number of aliphatic carboxylic acids is 1. The van der Waals surface area contributed by atoms with Gasteiger partial charge < -0.3 is 25.6 Å². The van der Waals surface area contributed by atoms with E-state index in [1.165, 1.54) is 19.5 Å². The Bertz CT molecular complexity index is 1450. The molecule has 2 aromatic heterocycles. The van der Waals surface area contributed by atoms with Crippen molar-refractivity contribution >= 4 is 17.5 Å². The van der Waals surface area contributed by atoms with Crippen LogP contribution >= 0.6 is 0 Å². The lowest BCUT2D eigenvalue weighted by molar-refractivity contribution is -0.134. The number of hydrogen-bond acceptors (Lipinski definition) is 9. The molecule has 13 nitrogen and oxygen atoms in total. The van der Waals surface area contributed by atoms with Crippen LogP contribution in [0.25, 0.3) is 5.95 Å². The third-order valence-corrected chi connectivity index (χ3v) is 4.97. The summed E-state index contributed by atoms with van der Waals surface area (Å²) in [7, 11) is 1.50. The van der Waals surface area contributed by atoms with Crippen molar-refractivity contribution in [3.8, 4) is 17.4 Å². The van der Waals surface area contributed by atoms with Crippen LogP contribution in [0.1, 0.15) is 29.9 Å². The van der Waals surface area contributed by atoms with E-state index in [1.54, 1.807) is 48.5 Å². The Balaban J connectivity index is 0.000000983. The molecule has 0 spiro atoms. The van der Waals surface area contributed by atoms with E-state index in [4.69, 9.17) is 30.5 Å². The van der Waals surface area contributed by atoms with E-state index in [1.807, 2.05) is 0 Å². The Hall–Kier alpha value is -5.27. The van der Waals surface area contributed by atoms with Gasteiger partial charge in [0.25, 0.3) is 11.9 Å². The summed E-state index contributed by atoms with van der Waals surface area (Å²) in [5.41, 5.74) is 6.89. The minimum atomic E-state index is -0.833. The molecule has 0 saturated carbocycles. The minimum Gasteiger partial charge on any atom is -0.497 e. The van der Waals surface area contributed by atoms with Crippen LogP contribution in [-0.4, -0.2) is 62.0 Å². The van der Waals surface area contributed by atoms with Crippen LogP contribution in [-0.2, 0) is 4.79 Å². The van der Waals surface area contributed by atoms with Crippen molar-refractivity contribution in [2.75, 3.05) is 25.7 Å². The number of aromatic amines is 1.